The van der Waals surface area contributed by atoms with E-state index in [1.165, 1.54) is 12.1 Å². The van der Waals surface area contributed by atoms with E-state index in [0.29, 0.717) is 11.1 Å². The smallest absolute Gasteiger partial charge is 0.347 e. The lowest BCUT2D eigenvalue weighted by Crippen LogP contribution is -2.23. The number of carbonyl (C=O) groups is 2. The van der Waals surface area contributed by atoms with Crippen LogP contribution in [0, 0.1) is 31.8 Å². The number of nitriles is 1. The van der Waals surface area contributed by atoms with Crippen LogP contribution in [0.15, 0.2) is 12.1 Å². The standard InChI is InChI=1S/C14H10N2O4/c1-7-5-10(12(16-3)14(19)20)8(2)4-9(7)11(6-15)13(17)18/h4-5H,1-2H3,(H,17,18)(H,19,20)/b11-9-,12-10+/i/hD2. The van der Waals surface area contributed by atoms with E-state index in [0.717, 1.165) is 0 Å². The molecule has 0 aliphatic heterocycles. The lowest BCUT2D eigenvalue weighted by atomic mass is 10.0. The third-order valence-corrected chi connectivity index (χ3v) is 2.72. The maximum absolute atomic E-state index is 11.4. The van der Waals surface area contributed by atoms with E-state index >= 15 is 0 Å². The molecule has 0 bridgehead atoms. The molecule has 100 valence electrons. The lowest BCUT2D eigenvalue weighted by Gasteiger charge is -2.02. The summed E-state index contributed by atoms with van der Waals surface area (Å²) in [5, 5.41) is 17.1. The quantitative estimate of drug-likeness (QED) is 0.747. The lowest BCUT2D eigenvalue weighted by molar-refractivity contribution is -0.131. The Kier molecular flexibility index (Phi) is 3.39. The molecule has 1 rings (SSSR count). The fraction of sp³-hybridized carbons (Fsp3) is 0.143. The summed E-state index contributed by atoms with van der Waals surface area (Å²) in [6.07, 6.45) is 0. The highest BCUT2D eigenvalue weighted by Crippen LogP contribution is 2.01. The number of aryl methyl sites for hydroxylation is 2. The number of benzene rings is 1. The monoisotopic (exact) mass is 272 g/mol. The zero-order valence-electron chi connectivity index (χ0n) is 12.7. The van der Waals surface area contributed by atoms with Crippen molar-refractivity contribution in [1.29, 1.82) is 8.12 Å². The Labute approximate surface area is 117 Å². The van der Waals surface area contributed by atoms with E-state index < -0.39 is 11.9 Å². The summed E-state index contributed by atoms with van der Waals surface area (Å²) in [5.41, 5.74) is 0.141. The highest BCUT2D eigenvalue weighted by atomic mass is 16.4. The van der Waals surface area contributed by atoms with Crippen molar-refractivity contribution in [3.05, 3.63) is 45.1 Å². The number of rotatable bonds is 2. The Morgan fingerprint density at radius 1 is 1.25 bits per heavy atom. The molecule has 0 unspecified atom stereocenters. The molecule has 1 aromatic carbocycles. The maximum atomic E-state index is 11.4. The van der Waals surface area contributed by atoms with Gasteiger partial charge in [0.15, 0.2) is 0 Å². The van der Waals surface area contributed by atoms with Crippen LogP contribution in [0.25, 0.3) is 19.0 Å². The van der Waals surface area contributed by atoms with Crippen molar-refractivity contribution in [3.63, 3.8) is 0 Å². The molecule has 0 heterocycles. The van der Waals surface area contributed by atoms with Crippen LogP contribution in [0.3, 0.4) is 0 Å². The van der Waals surface area contributed by atoms with Crippen molar-refractivity contribution in [2.24, 2.45) is 0 Å². The zero-order valence-corrected chi connectivity index (χ0v) is 10.7. The minimum absolute atomic E-state index is 0.240. The molecule has 0 amide bonds. The van der Waals surface area contributed by atoms with Crippen molar-refractivity contribution in [1.82, 2.24) is 0 Å². The van der Waals surface area contributed by atoms with Crippen LogP contribution >= 0.6 is 0 Å². The minimum atomic E-state index is -1.10. The highest BCUT2D eigenvalue weighted by Gasteiger charge is 2.13. The Bertz CT molecular complexity index is 776. The Morgan fingerprint density at radius 2 is 1.80 bits per heavy atom. The molecular weight excluding hydrogens is 260 g/mol. The maximum Gasteiger partial charge on any atom is 0.347 e. The average molecular weight is 272 g/mol. The molecule has 0 fully saturated rings. The summed E-state index contributed by atoms with van der Waals surface area (Å²) in [4.78, 5) is 25.9. The highest BCUT2D eigenvalue weighted by molar-refractivity contribution is 6.14. The van der Waals surface area contributed by atoms with Crippen molar-refractivity contribution < 1.29 is 19.8 Å². The molecule has 0 spiro atoms. The molecule has 2 N–H and O–H groups in total. The van der Waals surface area contributed by atoms with Gasteiger partial charge in [-0.15, -0.1) is 0 Å². The number of aliphatic carboxylic acids is 2. The fourth-order valence-electron chi connectivity index (χ4n) is 1.77. The first-order chi connectivity index (χ1) is 10.4. The molecule has 6 heteroatoms. The van der Waals surface area contributed by atoms with Gasteiger partial charge in [0, 0.05) is 5.22 Å². The topological polar surface area (TPSA) is 103 Å². The van der Waals surface area contributed by atoms with Crippen LogP contribution < -0.4 is 10.4 Å². The second kappa shape index (κ2) is 5.68. The third-order valence-electron chi connectivity index (χ3n) is 2.72. The summed E-state index contributed by atoms with van der Waals surface area (Å²) in [6.45, 7) is 10.2. The molecule has 0 radical (unpaired) electrons. The summed E-state index contributed by atoms with van der Waals surface area (Å²) < 4.78 is 13.2. The SMILES string of the molecule is [2H]OC(=O)/C(C#N)=c1/cc(C)/c(=C(/[N+]#[C-])C(=O)O[2H])cc1C. The van der Waals surface area contributed by atoms with Gasteiger partial charge in [0.1, 0.15) is 11.6 Å². The second-order valence-corrected chi connectivity index (χ2v) is 4.00. The molecular formula is C14H10N2O4. The summed E-state index contributed by atoms with van der Waals surface area (Å²) in [7, 11) is 0. The van der Waals surface area contributed by atoms with E-state index in [-0.39, 0.29) is 21.7 Å². The predicted molar refractivity (Wildman–Crippen MR) is 69.5 cm³/mol. The predicted octanol–water partition coefficient (Wildman–Crippen LogP) is 0.174. The van der Waals surface area contributed by atoms with Crippen molar-refractivity contribution in [2.75, 3.05) is 0 Å². The minimum Gasteiger partial charge on any atom is -0.486 e. The average Bonchev–Trinajstić information content (AvgIpc) is 2.52. The van der Waals surface area contributed by atoms with Gasteiger partial charge in [0.25, 0.3) is 8.56 Å². The number of hydrogen-bond acceptors (Lipinski definition) is 5. The van der Waals surface area contributed by atoms with Crippen LogP contribution in [0.2, 0.25) is 0 Å². The number of carboxylic acids is 2. The summed E-state index contributed by atoms with van der Waals surface area (Å²) in [6, 6.07) is 4.53. The zero-order chi connectivity index (χ0) is 16.9. The summed E-state index contributed by atoms with van der Waals surface area (Å²) >= 11 is 0. The van der Waals surface area contributed by atoms with Gasteiger partial charge in [0.2, 0.25) is 0 Å². The molecule has 1 aromatic rings. The number of nitrogens with zero attached hydrogens (tertiary/aromatic N) is 2. The largest absolute Gasteiger partial charge is 0.486 e. The van der Waals surface area contributed by atoms with Crippen LogP contribution in [0.4, 0.5) is 0 Å². The van der Waals surface area contributed by atoms with Gasteiger partial charge in [0.05, 0.1) is 6.57 Å². The van der Waals surface area contributed by atoms with Gasteiger partial charge in [-0.25, -0.2) is 9.64 Å². The van der Waals surface area contributed by atoms with Crippen LogP contribution in [-0.4, -0.2) is 22.2 Å². The van der Waals surface area contributed by atoms with Gasteiger partial charge in [-0.2, -0.15) is 5.26 Å². The summed E-state index contributed by atoms with van der Waals surface area (Å²) in [5.74, 6) is -2.20. The Hall–Kier alpha value is -3.12. The van der Waals surface area contributed by atoms with Gasteiger partial charge >= 0.3 is 11.9 Å². The molecule has 6 nitrogen and oxygen atoms in total. The normalized spacial score (nSPS) is 13.8. The first kappa shape index (κ1) is 11.9. The van der Waals surface area contributed by atoms with Crippen LogP contribution in [-0.2, 0) is 9.59 Å². The van der Waals surface area contributed by atoms with E-state index in [1.54, 1.807) is 19.9 Å². The van der Waals surface area contributed by atoms with Gasteiger partial charge in [-0.05, 0) is 24.6 Å². The third kappa shape index (κ3) is 2.65. The molecule has 0 saturated heterocycles. The molecule has 0 aliphatic rings. The van der Waals surface area contributed by atoms with E-state index in [2.05, 4.69) is 15.1 Å². The number of carboxylic acid groups (broad SMARTS) is 2. The van der Waals surface area contributed by atoms with Crippen molar-refractivity contribution >= 4 is 23.2 Å². The van der Waals surface area contributed by atoms with Crippen LogP contribution in [0.1, 0.15) is 11.1 Å². The molecule has 0 saturated carbocycles. The van der Waals surface area contributed by atoms with Gasteiger partial charge in [-0.3, -0.25) is 4.79 Å². The van der Waals surface area contributed by atoms with Gasteiger partial charge in [-0.1, -0.05) is 17.7 Å². The molecule has 20 heavy (non-hydrogen) atoms. The molecule has 0 atom stereocenters. The first-order valence-electron chi connectivity index (χ1n) is 6.21. The van der Waals surface area contributed by atoms with Gasteiger partial charge < -0.3 is 10.2 Å². The fourth-order valence-corrected chi connectivity index (χ4v) is 1.77. The second-order valence-electron chi connectivity index (χ2n) is 4.00. The van der Waals surface area contributed by atoms with Crippen LogP contribution in [0.5, 0.6) is 0 Å². The van der Waals surface area contributed by atoms with E-state index in [1.807, 2.05) is 0 Å². The van der Waals surface area contributed by atoms with E-state index in [4.69, 9.17) is 14.7 Å². The van der Waals surface area contributed by atoms with Crippen molar-refractivity contribution in [3.8, 4) is 6.07 Å². The first-order valence-corrected chi connectivity index (χ1v) is 5.39. The Morgan fingerprint density at radius 3 is 2.30 bits per heavy atom. The van der Waals surface area contributed by atoms with E-state index in [9.17, 15) is 9.59 Å². The molecule has 0 aromatic heterocycles. The number of hydrogen-bond donors (Lipinski definition) is 2. The van der Waals surface area contributed by atoms with Crippen molar-refractivity contribution in [2.45, 2.75) is 13.8 Å². The Balaban J connectivity index is 3.90. The molecule has 0 aliphatic carbocycles.